The van der Waals surface area contributed by atoms with Crippen molar-refractivity contribution in [3.63, 3.8) is 0 Å². The highest BCUT2D eigenvalue weighted by atomic mass is 32.2. The normalized spacial score (nSPS) is 16.8. The molecule has 6 nitrogen and oxygen atoms in total. The Balaban J connectivity index is 2.01. The molecule has 1 aromatic carbocycles. The number of rotatable bonds is 8. The van der Waals surface area contributed by atoms with Gasteiger partial charge in [0.25, 0.3) is 5.91 Å². The Labute approximate surface area is 165 Å². The van der Waals surface area contributed by atoms with E-state index in [0.29, 0.717) is 17.1 Å². The zero-order valence-electron chi connectivity index (χ0n) is 14.0. The first kappa shape index (κ1) is 20.5. The molecule has 0 aliphatic carbocycles. The molecule has 1 saturated heterocycles. The van der Waals surface area contributed by atoms with Gasteiger partial charge in [0.05, 0.1) is 4.91 Å². The fraction of sp³-hybridized carbons (Fsp3) is 0.294. The van der Waals surface area contributed by atoms with E-state index in [1.807, 2.05) is 36.6 Å². The number of amides is 2. The van der Waals surface area contributed by atoms with Gasteiger partial charge >= 0.3 is 5.97 Å². The molecule has 1 fully saturated rings. The first-order valence-electron chi connectivity index (χ1n) is 7.74. The molecule has 1 heterocycles. The van der Waals surface area contributed by atoms with Gasteiger partial charge in [-0.05, 0) is 30.1 Å². The van der Waals surface area contributed by atoms with Crippen LogP contribution in [-0.4, -0.2) is 56.7 Å². The number of nitrogens with one attached hydrogen (secondary N) is 1. The van der Waals surface area contributed by atoms with Crippen LogP contribution in [0, 0.1) is 0 Å². The molecule has 1 unspecified atom stereocenters. The molecular weight excluding hydrogens is 392 g/mol. The molecule has 2 amide bonds. The molecule has 1 aliphatic heterocycles. The van der Waals surface area contributed by atoms with Crippen molar-refractivity contribution in [2.45, 2.75) is 12.5 Å². The van der Waals surface area contributed by atoms with Crippen LogP contribution in [-0.2, 0) is 14.4 Å². The van der Waals surface area contributed by atoms with Crippen molar-refractivity contribution in [2.24, 2.45) is 0 Å². The van der Waals surface area contributed by atoms with Gasteiger partial charge in [-0.15, -0.1) is 0 Å². The number of carboxylic acids is 1. The second-order valence-electron chi connectivity index (χ2n) is 5.42. The number of carbonyl (C=O) groups is 3. The van der Waals surface area contributed by atoms with Crippen LogP contribution in [0.25, 0.3) is 6.08 Å². The summed E-state index contributed by atoms with van der Waals surface area (Å²) in [5.41, 5.74) is 0.862. The smallest absolute Gasteiger partial charge is 0.326 e. The summed E-state index contributed by atoms with van der Waals surface area (Å²) in [6, 6.07) is 8.35. The van der Waals surface area contributed by atoms with Crippen molar-refractivity contribution in [3.8, 4) is 0 Å². The van der Waals surface area contributed by atoms with Crippen LogP contribution in [0.3, 0.4) is 0 Å². The van der Waals surface area contributed by atoms with Crippen LogP contribution in [0.4, 0.5) is 0 Å². The van der Waals surface area contributed by atoms with Crippen molar-refractivity contribution >= 4 is 63.9 Å². The maximum absolute atomic E-state index is 12.5. The number of carbonyl (C=O) groups excluding carboxylic acids is 2. The summed E-state index contributed by atoms with van der Waals surface area (Å²) < 4.78 is 0.281. The van der Waals surface area contributed by atoms with Crippen LogP contribution in [0.15, 0.2) is 35.2 Å². The lowest BCUT2D eigenvalue weighted by Gasteiger charge is -2.17. The van der Waals surface area contributed by atoms with E-state index >= 15 is 0 Å². The number of hydrogen-bond acceptors (Lipinski definition) is 6. The first-order valence-corrected chi connectivity index (χ1v) is 10.4. The third-order valence-corrected chi connectivity index (χ3v) is 5.54. The summed E-state index contributed by atoms with van der Waals surface area (Å²) in [6.45, 7) is -0.292. The standard InChI is InChI=1S/C17H18N2O4S3/c1-25-8-7-12(16(22)23)18-14(20)10-19-15(21)13(26-17(19)24)9-11-5-3-2-4-6-11/h2-6,9,12H,7-8,10H2,1H3,(H,18,20)(H,22,23). The summed E-state index contributed by atoms with van der Waals surface area (Å²) in [6.07, 6.45) is 3.89. The lowest BCUT2D eigenvalue weighted by Crippen LogP contribution is -2.46. The van der Waals surface area contributed by atoms with E-state index < -0.39 is 17.9 Å². The quantitative estimate of drug-likeness (QED) is 0.502. The van der Waals surface area contributed by atoms with E-state index in [-0.39, 0.29) is 16.8 Å². The minimum Gasteiger partial charge on any atom is -0.480 e. The van der Waals surface area contributed by atoms with Crippen LogP contribution in [0.5, 0.6) is 0 Å². The molecule has 26 heavy (non-hydrogen) atoms. The number of thioether (sulfide) groups is 2. The molecule has 0 radical (unpaired) electrons. The number of nitrogens with zero attached hydrogens (tertiary/aromatic N) is 1. The van der Waals surface area contributed by atoms with Crippen LogP contribution in [0.1, 0.15) is 12.0 Å². The van der Waals surface area contributed by atoms with Crippen LogP contribution < -0.4 is 5.32 Å². The van der Waals surface area contributed by atoms with Crippen molar-refractivity contribution in [2.75, 3.05) is 18.6 Å². The third-order valence-electron chi connectivity index (χ3n) is 3.52. The van der Waals surface area contributed by atoms with Gasteiger partial charge in [0, 0.05) is 0 Å². The summed E-state index contributed by atoms with van der Waals surface area (Å²) in [7, 11) is 0. The Kier molecular flexibility index (Phi) is 7.67. The van der Waals surface area contributed by atoms with Crippen LogP contribution >= 0.6 is 35.7 Å². The Morgan fingerprint density at radius 3 is 2.69 bits per heavy atom. The van der Waals surface area contributed by atoms with Crippen molar-refractivity contribution in [1.29, 1.82) is 0 Å². The number of carboxylic acid groups (broad SMARTS) is 1. The predicted octanol–water partition coefficient (Wildman–Crippen LogP) is 2.21. The predicted molar refractivity (Wildman–Crippen MR) is 109 cm³/mol. The monoisotopic (exact) mass is 410 g/mol. The fourth-order valence-electron chi connectivity index (χ4n) is 2.21. The molecule has 1 aromatic rings. The van der Waals surface area contributed by atoms with Gasteiger partial charge in [0.1, 0.15) is 16.9 Å². The number of benzene rings is 1. The second-order valence-corrected chi connectivity index (χ2v) is 8.08. The highest BCUT2D eigenvalue weighted by Gasteiger charge is 2.34. The first-order chi connectivity index (χ1) is 12.4. The third kappa shape index (κ3) is 5.58. The molecule has 0 aromatic heterocycles. The summed E-state index contributed by atoms with van der Waals surface area (Å²) >= 11 is 7.82. The minimum absolute atomic E-state index is 0.281. The zero-order valence-corrected chi connectivity index (χ0v) is 16.5. The van der Waals surface area contributed by atoms with Crippen LogP contribution in [0.2, 0.25) is 0 Å². The van der Waals surface area contributed by atoms with Gasteiger partial charge in [0.2, 0.25) is 5.91 Å². The van der Waals surface area contributed by atoms with E-state index in [1.54, 1.807) is 6.08 Å². The van der Waals surface area contributed by atoms with Gasteiger partial charge in [-0.25, -0.2) is 4.79 Å². The SMILES string of the molecule is CSCCC(NC(=O)CN1C(=O)C(=Cc2ccccc2)SC1=S)C(=O)O. The average molecular weight is 411 g/mol. The minimum atomic E-state index is -1.10. The van der Waals surface area contributed by atoms with Gasteiger partial charge < -0.3 is 10.4 Å². The summed E-state index contributed by atoms with van der Waals surface area (Å²) in [5.74, 6) is -1.38. The van der Waals surface area contributed by atoms with Crippen molar-refractivity contribution in [3.05, 3.63) is 40.8 Å². The van der Waals surface area contributed by atoms with Gasteiger partial charge in [-0.2, -0.15) is 11.8 Å². The Bertz CT molecular complexity index is 737. The fourth-order valence-corrected chi connectivity index (χ4v) is 3.94. The molecule has 9 heteroatoms. The maximum atomic E-state index is 12.5. The van der Waals surface area contributed by atoms with Gasteiger partial charge in [-0.1, -0.05) is 54.3 Å². The molecule has 2 rings (SSSR count). The molecule has 0 spiro atoms. The molecule has 1 aliphatic rings. The average Bonchev–Trinajstić information content (AvgIpc) is 2.86. The summed E-state index contributed by atoms with van der Waals surface area (Å²) in [4.78, 5) is 37.5. The largest absolute Gasteiger partial charge is 0.480 e. The van der Waals surface area contributed by atoms with Gasteiger partial charge in [0.15, 0.2) is 0 Å². The lowest BCUT2D eigenvalue weighted by molar-refractivity contribution is -0.142. The number of aliphatic carboxylic acids is 1. The van der Waals surface area contributed by atoms with Crippen molar-refractivity contribution < 1.29 is 19.5 Å². The molecule has 138 valence electrons. The Morgan fingerprint density at radius 1 is 1.38 bits per heavy atom. The van der Waals surface area contributed by atoms with E-state index in [0.717, 1.165) is 17.3 Å². The molecule has 0 bridgehead atoms. The van der Waals surface area contributed by atoms with E-state index in [4.69, 9.17) is 12.2 Å². The Morgan fingerprint density at radius 2 is 2.08 bits per heavy atom. The zero-order chi connectivity index (χ0) is 19.1. The maximum Gasteiger partial charge on any atom is 0.326 e. The topological polar surface area (TPSA) is 86.7 Å². The second kappa shape index (κ2) is 9.75. The number of hydrogen-bond donors (Lipinski definition) is 2. The summed E-state index contributed by atoms with van der Waals surface area (Å²) in [5, 5.41) is 11.6. The van der Waals surface area contributed by atoms with E-state index in [1.165, 1.54) is 16.7 Å². The van der Waals surface area contributed by atoms with E-state index in [2.05, 4.69) is 5.32 Å². The molecule has 0 saturated carbocycles. The Hall–Kier alpha value is -1.84. The van der Waals surface area contributed by atoms with Gasteiger partial charge in [-0.3, -0.25) is 14.5 Å². The van der Waals surface area contributed by atoms with E-state index in [9.17, 15) is 19.5 Å². The van der Waals surface area contributed by atoms with Crippen molar-refractivity contribution in [1.82, 2.24) is 10.2 Å². The molecule has 1 atom stereocenters. The highest BCUT2D eigenvalue weighted by Crippen LogP contribution is 2.32. The molecule has 2 N–H and O–H groups in total. The molecular formula is C17H18N2O4S3. The number of thiocarbonyl (C=S) groups is 1. The lowest BCUT2D eigenvalue weighted by atomic mass is 10.2. The highest BCUT2D eigenvalue weighted by molar-refractivity contribution is 8.26.